The molecule has 1 N–H and O–H groups in total. The predicted molar refractivity (Wildman–Crippen MR) is 80.5 cm³/mol. The number of nitrogens with one attached hydrogen (secondary N) is 1. The van der Waals surface area contributed by atoms with E-state index in [0.717, 1.165) is 23.5 Å². The van der Waals surface area contributed by atoms with Gasteiger partial charge in [-0.15, -0.1) is 11.3 Å². The summed E-state index contributed by atoms with van der Waals surface area (Å²) >= 11 is 7.67. The topological polar surface area (TPSA) is 15.3 Å². The molecule has 1 aliphatic rings. The van der Waals surface area contributed by atoms with E-state index >= 15 is 0 Å². The lowest BCUT2D eigenvalue weighted by Gasteiger charge is -2.28. The molecular weight excluding hydrogens is 264 g/mol. The minimum Gasteiger partial charge on any atom is -0.312 e. The molecule has 1 unspecified atom stereocenters. The van der Waals surface area contributed by atoms with Gasteiger partial charge in [0.15, 0.2) is 0 Å². The quantitative estimate of drug-likeness (QED) is 0.783. The number of thiophene rings is 1. The van der Waals surface area contributed by atoms with Gasteiger partial charge in [-0.05, 0) is 38.4 Å². The summed E-state index contributed by atoms with van der Waals surface area (Å²) in [5.74, 6) is 0. The van der Waals surface area contributed by atoms with E-state index in [2.05, 4.69) is 30.3 Å². The van der Waals surface area contributed by atoms with Gasteiger partial charge in [-0.2, -0.15) is 0 Å². The van der Waals surface area contributed by atoms with Crippen molar-refractivity contribution in [3.63, 3.8) is 0 Å². The Morgan fingerprint density at radius 2 is 2.28 bits per heavy atom. The van der Waals surface area contributed by atoms with Crippen LogP contribution in [0.25, 0.3) is 0 Å². The Labute approximate surface area is 119 Å². The number of rotatable bonds is 8. The van der Waals surface area contributed by atoms with E-state index in [0.29, 0.717) is 6.04 Å². The van der Waals surface area contributed by atoms with Gasteiger partial charge in [-0.1, -0.05) is 24.9 Å². The van der Waals surface area contributed by atoms with E-state index in [-0.39, 0.29) is 0 Å². The van der Waals surface area contributed by atoms with Crippen molar-refractivity contribution in [2.45, 2.75) is 51.2 Å². The van der Waals surface area contributed by atoms with Gasteiger partial charge in [-0.25, -0.2) is 0 Å². The van der Waals surface area contributed by atoms with Crippen LogP contribution in [-0.4, -0.2) is 30.6 Å². The number of likely N-dealkylation sites (N-methyl/N-ethyl adjacent to an activating group) is 1. The maximum atomic E-state index is 5.98. The van der Waals surface area contributed by atoms with Gasteiger partial charge >= 0.3 is 0 Å². The molecule has 1 aliphatic carbocycles. The first-order valence-corrected chi connectivity index (χ1v) is 8.06. The maximum absolute atomic E-state index is 5.98. The van der Waals surface area contributed by atoms with Crippen molar-refractivity contribution >= 4 is 22.9 Å². The molecule has 2 rings (SSSR count). The van der Waals surface area contributed by atoms with Crippen LogP contribution < -0.4 is 5.32 Å². The zero-order valence-corrected chi connectivity index (χ0v) is 12.9. The van der Waals surface area contributed by atoms with Gasteiger partial charge in [0.1, 0.15) is 0 Å². The van der Waals surface area contributed by atoms with Gasteiger partial charge in [0.25, 0.3) is 0 Å². The monoisotopic (exact) mass is 286 g/mol. The lowest BCUT2D eigenvalue weighted by molar-refractivity contribution is 0.216. The molecule has 1 heterocycles. The molecule has 1 aromatic heterocycles. The summed E-state index contributed by atoms with van der Waals surface area (Å²) in [6, 6.07) is 5.57. The van der Waals surface area contributed by atoms with E-state index in [1.165, 1.54) is 30.6 Å². The van der Waals surface area contributed by atoms with Crippen LogP contribution in [-0.2, 0) is 6.54 Å². The van der Waals surface area contributed by atoms with E-state index in [1.54, 1.807) is 11.3 Å². The maximum Gasteiger partial charge on any atom is 0.0931 e. The third-order valence-electron chi connectivity index (χ3n) is 3.50. The molecule has 1 fully saturated rings. The fraction of sp³-hybridized carbons (Fsp3) is 0.714. The van der Waals surface area contributed by atoms with Crippen LogP contribution >= 0.6 is 22.9 Å². The summed E-state index contributed by atoms with van der Waals surface area (Å²) in [6.07, 6.45) is 5.23. The minimum absolute atomic E-state index is 0.636. The fourth-order valence-electron chi connectivity index (χ4n) is 2.21. The highest BCUT2D eigenvalue weighted by Gasteiger charge is 2.23. The number of hydrogen-bond donors (Lipinski definition) is 1. The molecule has 0 radical (unpaired) electrons. The third kappa shape index (κ3) is 4.54. The van der Waals surface area contributed by atoms with Crippen molar-refractivity contribution in [1.82, 2.24) is 10.2 Å². The van der Waals surface area contributed by atoms with Crippen molar-refractivity contribution in [2.24, 2.45) is 0 Å². The van der Waals surface area contributed by atoms with Crippen LogP contribution in [0.5, 0.6) is 0 Å². The summed E-state index contributed by atoms with van der Waals surface area (Å²) in [6.45, 7) is 4.39. The highest BCUT2D eigenvalue weighted by molar-refractivity contribution is 7.16. The van der Waals surface area contributed by atoms with Crippen molar-refractivity contribution in [2.75, 3.05) is 13.6 Å². The molecule has 0 aliphatic heterocycles. The lowest BCUT2D eigenvalue weighted by atomic mass is 10.1. The first kappa shape index (κ1) is 14.3. The second-order valence-corrected chi connectivity index (χ2v) is 7.05. The molecule has 0 spiro atoms. The number of hydrogen-bond acceptors (Lipinski definition) is 3. The molecule has 1 atom stereocenters. The zero-order chi connectivity index (χ0) is 13.0. The second kappa shape index (κ2) is 6.90. The summed E-state index contributed by atoms with van der Waals surface area (Å²) in [5, 5.41) is 3.65. The molecule has 2 nitrogen and oxygen atoms in total. The molecule has 4 heteroatoms. The van der Waals surface area contributed by atoms with E-state index in [1.807, 2.05) is 6.07 Å². The Morgan fingerprint density at radius 3 is 2.83 bits per heavy atom. The van der Waals surface area contributed by atoms with Crippen LogP contribution in [0.2, 0.25) is 4.34 Å². The van der Waals surface area contributed by atoms with Gasteiger partial charge in [0.05, 0.1) is 4.34 Å². The summed E-state index contributed by atoms with van der Waals surface area (Å²) in [4.78, 5) is 3.82. The molecule has 0 saturated heterocycles. The van der Waals surface area contributed by atoms with Crippen LogP contribution in [0.3, 0.4) is 0 Å². The molecular formula is C14H23ClN2S. The molecule has 0 amide bonds. The molecule has 102 valence electrons. The fourth-order valence-corrected chi connectivity index (χ4v) is 3.36. The van der Waals surface area contributed by atoms with Crippen molar-refractivity contribution in [3.05, 3.63) is 21.3 Å². The van der Waals surface area contributed by atoms with E-state index in [9.17, 15) is 0 Å². The average molecular weight is 287 g/mol. The Bertz CT molecular complexity index is 362. The highest BCUT2D eigenvalue weighted by atomic mass is 35.5. The Morgan fingerprint density at radius 1 is 1.50 bits per heavy atom. The lowest BCUT2D eigenvalue weighted by Crippen LogP contribution is -2.40. The molecule has 0 aromatic carbocycles. The molecule has 18 heavy (non-hydrogen) atoms. The summed E-state index contributed by atoms with van der Waals surface area (Å²) < 4.78 is 0.890. The van der Waals surface area contributed by atoms with Gasteiger partial charge in [-0.3, -0.25) is 4.90 Å². The molecule has 0 bridgehead atoms. The summed E-state index contributed by atoms with van der Waals surface area (Å²) in [7, 11) is 2.22. The first-order chi connectivity index (χ1) is 8.69. The minimum atomic E-state index is 0.636. The predicted octanol–water partition coefficient (Wildman–Crippen LogP) is 3.75. The molecule has 1 aromatic rings. The van der Waals surface area contributed by atoms with Crippen molar-refractivity contribution in [1.29, 1.82) is 0 Å². The third-order valence-corrected chi connectivity index (χ3v) is 4.71. The van der Waals surface area contributed by atoms with Crippen molar-refractivity contribution < 1.29 is 0 Å². The van der Waals surface area contributed by atoms with E-state index in [4.69, 9.17) is 11.6 Å². The normalized spacial score (nSPS) is 17.3. The summed E-state index contributed by atoms with van der Waals surface area (Å²) in [5.41, 5.74) is 0. The second-order valence-electron chi connectivity index (χ2n) is 5.25. The Hall–Kier alpha value is -0.0900. The van der Waals surface area contributed by atoms with Crippen LogP contribution in [0, 0.1) is 0 Å². The average Bonchev–Trinajstić information content (AvgIpc) is 3.08. The van der Waals surface area contributed by atoms with Gasteiger partial charge in [0, 0.05) is 30.1 Å². The van der Waals surface area contributed by atoms with Crippen molar-refractivity contribution in [3.8, 4) is 0 Å². The Balaban J connectivity index is 1.83. The van der Waals surface area contributed by atoms with Gasteiger partial charge < -0.3 is 5.32 Å². The molecule has 1 saturated carbocycles. The Kier molecular flexibility index (Phi) is 5.49. The smallest absolute Gasteiger partial charge is 0.0931 e. The zero-order valence-electron chi connectivity index (χ0n) is 11.3. The highest BCUT2D eigenvalue weighted by Crippen LogP contribution is 2.24. The largest absolute Gasteiger partial charge is 0.312 e. The van der Waals surface area contributed by atoms with Crippen LogP contribution in [0.15, 0.2) is 12.1 Å². The van der Waals surface area contributed by atoms with Gasteiger partial charge in [0.2, 0.25) is 0 Å². The van der Waals surface area contributed by atoms with Crippen LogP contribution in [0.4, 0.5) is 0 Å². The first-order valence-electron chi connectivity index (χ1n) is 6.87. The number of nitrogens with zero attached hydrogens (tertiary/aromatic N) is 1. The van der Waals surface area contributed by atoms with Crippen LogP contribution in [0.1, 0.15) is 37.5 Å². The number of halogens is 1. The van der Waals surface area contributed by atoms with E-state index < -0.39 is 0 Å². The standard InChI is InChI=1S/C14H23ClN2S/c1-3-4-12(9-16-11-5-6-11)17(2)10-13-7-8-14(15)18-13/h7-8,11-12,16H,3-6,9-10H2,1-2H3. The SMILES string of the molecule is CCCC(CNC1CC1)N(C)Cc1ccc(Cl)s1.